The van der Waals surface area contributed by atoms with Crippen LogP contribution in [0.2, 0.25) is 54.4 Å². The van der Waals surface area contributed by atoms with Gasteiger partial charge >= 0.3 is 0 Å². The molecule has 0 N–H and O–H groups in total. The van der Waals surface area contributed by atoms with Crippen molar-refractivity contribution in [2.75, 3.05) is 6.61 Å². The van der Waals surface area contributed by atoms with Crippen molar-refractivity contribution in [2.24, 2.45) is 22.7 Å². The molecular weight excluding hydrogens is 725 g/mol. The van der Waals surface area contributed by atoms with Crippen molar-refractivity contribution in [2.45, 2.75) is 227 Å². The molecule has 0 amide bonds. The minimum absolute atomic E-state index is 0.0192. The molecule has 2 fully saturated rings. The number of hydrogen-bond donors (Lipinski definition) is 0. The van der Waals surface area contributed by atoms with Crippen LogP contribution in [-0.4, -0.2) is 55.0 Å². The Bertz CT molecular complexity index is 1460. The Hall–Kier alpha value is -0.549. The summed E-state index contributed by atoms with van der Waals surface area (Å²) < 4.78 is 28.9. The predicted octanol–water partition coefficient (Wildman–Crippen LogP) is 14.7. The van der Waals surface area contributed by atoms with Gasteiger partial charge in [0.05, 0.1) is 30.0 Å². The molecule has 7 heteroatoms. The number of fused-ring (bicyclic) bond motifs is 5. The lowest BCUT2D eigenvalue weighted by molar-refractivity contribution is -0.0431. The van der Waals surface area contributed by atoms with Crippen molar-refractivity contribution in [1.29, 1.82) is 0 Å². The second-order valence-electron chi connectivity index (χ2n) is 22.2. The first-order valence-electron chi connectivity index (χ1n) is 22.7. The van der Waals surface area contributed by atoms with Crippen molar-refractivity contribution in [1.82, 2.24) is 0 Å². The molecule has 4 aliphatic rings. The number of hydrogen-bond acceptors (Lipinski definition) is 4. The van der Waals surface area contributed by atoms with Crippen LogP contribution in [0.15, 0.2) is 47.1 Å². The van der Waals surface area contributed by atoms with Crippen molar-refractivity contribution in [3.05, 3.63) is 47.1 Å². The smallest absolute Gasteiger partial charge is 0.193 e. The Morgan fingerprint density at radius 3 is 1.87 bits per heavy atom. The maximum Gasteiger partial charge on any atom is 0.193 e. The van der Waals surface area contributed by atoms with Gasteiger partial charge in [-0.3, -0.25) is 0 Å². The fourth-order valence-corrected chi connectivity index (χ4v) is 16.5. The molecule has 0 aromatic heterocycles. The molecule has 6 atom stereocenters. The van der Waals surface area contributed by atoms with E-state index in [1.807, 2.05) is 0 Å². The monoisotopic (exact) mass is 813 g/mol. The average molecular weight is 813 g/mol. The van der Waals surface area contributed by atoms with Crippen LogP contribution >= 0.6 is 0 Å². The zero-order valence-electron chi connectivity index (χ0n) is 39.6. The third-order valence-corrected chi connectivity index (χ3v) is 30.6. The van der Waals surface area contributed by atoms with E-state index in [1.165, 1.54) is 36.5 Å². The lowest BCUT2D eigenvalue weighted by atomic mass is 9.49. The molecule has 4 nitrogen and oxygen atoms in total. The van der Waals surface area contributed by atoms with E-state index in [4.69, 9.17) is 18.0 Å². The highest BCUT2D eigenvalue weighted by Crippen LogP contribution is 2.66. The Morgan fingerprint density at radius 1 is 0.782 bits per heavy atom. The Morgan fingerprint density at radius 2 is 1.35 bits per heavy atom. The Labute approximate surface area is 344 Å². The van der Waals surface area contributed by atoms with Crippen LogP contribution in [0.3, 0.4) is 0 Å². The molecular formula is C48H88O4Si3. The molecule has 0 aliphatic heterocycles. The lowest BCUT2D eigenvalue weighted by Crippen LogP contribution is -2.58. The standard InChI is InChI=1S/C48H88O4Si3/c1-20-48(21-2,52-55(22-3,23-4)24-5)31-25-33-49-45(12,13)41-29-28-39-38-27-26-36-34-37(50-53(16,17)43(6,7)8)35-42(51-54(18,19)44(9,10)11)47(36,15)40(38)30-32-46(39,41)14/h25-27,29,31,37,39-40,42H,20-24,28,30,32-35H2,1-19H3/b31-25+/t37-,39+,40+,42+,46+,47+/m1/s1. The zero-order chi connectivity index (χ0) is 41.7. The van der Waals surface area contributed by atoms with E-state index in [-0.39, 0.29) is 44.3 Å². The summed E-state index contributed by atoms with van der Waals surface area (Å²) in [6.07, 6.45) is 20.2. The van der Waals surface area contributed by atoms with Gasteiger partial charge in [-0.25, -0.2) is 0 Å². The van der Waals surface area contributed by atoms with Crippen molar-refractivity contribution < 1.29 is 18.0 Å². The summed E-state index contributed by atoms with van der Waals surface area (Å²) in [6.45, 7) is 46.0. The van der Waals surface area contributed by atoms with E-state index in [2.05, 4.69) is 160 Å². The van der Waals surface area contributed by atoms with E-state index < -0.39 is 25.0 Å². The number of allylic oxidation sites excluding steroid dienone is 4. The molecule has 316 valence electrons. The van der Waals surface area contributed by atoms with Crippen molar-refractivity contribution in [3.63, 3.8) is 0 Å². The molecule has 2 saturated carbocycles. The zero-order valence-corrected chi connectivity index (χ0v) is 42.6. The molecule has 4 aliphatic carbocycles. The highest BCUT2D eigenvalue weighted by molar-refractivity contribution is 6.74. The first kappa shape index (κ1) is 47.1. The Balaban J connectivity index is 1.60. The maximum atomic E-state index is 7.61. The fourth-order valence-electron chi connectivity index (χ4n) is 10.6. The molecule has 4 rings (SSSR count). The van der Waals surface area contributed by atoms with Crippen molar-refractivity contribution >= 4 is 25.0 Å². The first-order valence-corrected chi connectivity index (χ1v) is 31.0. The third kappa shape index (κ3) is 8.99. The van der Waals surface area contributed by atoms with E-state index in [0.29, 0.717) is 18.4 Å². The molecule has 55 heavy (non-hydrogen) atoms. The molecule has 0 saturated heterocycles. The van der Waals surface area contributed by atoms with Crippen molar-refractivity contribution in [3.8, 4) is 0 Å². The van der Waals surface area contributed by atoms with Gasteiger partial charge < -0.3 is 18.0 Å². The van der Waals surface area contributed by atoms with Gasteiger partial charge in [0.1, 0.15) is 0 Å². The van der Waals surface area contributed by atoms with Gasteiger partial charge in [-0.2, -0.15) is 0 Å². The van der Waals surface area contributed by atoms with Crippen LogP contribution in [0.5, 0.6) is 0 Å². The lowest BCUT2D eigenvalue weighted by Gasteiger charge is -2.59. The van der Waals surface area contributed by atoms with Crippen LogP contribution in [0, 0.1) is 22.7 Å². The second kappa shape index (κ2) is 16.5. The van der Waals surface area contributed by atoms with E-state index >= 15 is 0 Å². The highest BCUT2D eigenvalue weighted by Gasteiger charge is 2.60. The topological polar surface area (TPSA) is 36.9 Å². The minimum atomic E-state index is -2.05. The predicted molar refractivity (Wildman–Crippen MR) is 245 cm³/mol. The molecule has 0 aromatic rings. The Kier molecular flexibility index (Phi) is 14.1. The van der Waals surface area contributed by atoms with Gasteiger partial charge in [-0.05, 0) is 136 Å². The van der Waals surface area contributed by atoms with E-state index in [9.17, 15) is 0 Å². The molecule has 0 radical (unpaired) electrons. The normalized spacial score (nSPS) is 29.8. The van der Waals surface area contributed by atoms with Gasteiger partial charge in [0.25, 0.3) is 0 Å². The summed E-state index contributed by atoms with van der Waals surface area (Å²) in [6, 6.07) is 3.53. The summed E-state index contributed by atoms with van der Waals surface area (Å²) in [5.41, 5.74) is 4.27. The van der Waals surface area contributed by atoms with Crippen LogP contribution in [0.25, 0.3) is 0 Å². The summed E-state index contributed by atoms with van der Waals surface area (Å²) in [7, 11) is -5.74. The van der Waals surface area contributed by atoms with Crippen LogP contribution < -0.4 is 0 Å². The maximum absolute atomic E-state index is 7.61. The summed E-state index contributed by atoms with van der Waals surface area (Å²) >= 11 is 0. The number of rotatable bonds is 16. The molecule has 0 aromatic carbocycles. The molecule has 0 heterocycles. The summed E-state index contributed by atoms with van der Waals surface area (Å²) in [5.74, 6) is 0.996. The fraction of sp³-hybridized carbons (Fsp3) is 0.833. The van der Waals surface area contributed by atoms with Gasteiger partial charge in [-0.15, -0.1) is 0 Å². The van der Waals surface area contributed by atoms with Gasteiger partial charge in [-0.1, -0.05) is 132 Å². The number of ether oxygens (including phenoxy) is 1. The van der Waals surface area contributed by atoms with E-state index in [0.717, 1.165) is 32.1 Å². The summed E-state index contributed by atoms with van der Waals surface area (Å²) in [4.78, 5) is 0. The van der Waals surface area contributed by atoms with E-state index in [1.54, 1.807) is 11.1 Å². The average Bonchev–Trinajstić information content (AvgIpc) is 3.46. The molecule has 0 bridgehead atoms. The van der Waals surface area contributed by atoms with Crippen LogP contribution in [-0.2, 0) is 18.0 Å². The van der Waals surface area contributed by atoms with Crippen LogP contribution in [0.1, 0.15) is 149 Å². The highest BCUT2D eigenvalue weighted by atomic mass is 28.4. The molecule has 0 spiro atoms. The van der Waals surface area contributed by atoms with Gasteiger partial charge in [0.2, 0.25) is 0 Å². The minimum Gasteiger partial charge on any atom is -0.414 e. The summed E-state index contributed by atoms with van der Waals surface area (Å²) in [5, 5.41) is 0.334. The van der Waals surface area contributed by atoms with Gasteiger partial charge in [0, 0.05) is 5.41 Å². The molecule has 0 unspecified atom stereocenters. The van der Waals surface area contributed by atoms with Gasteiger partial charge in [0.15, 0.2) is 25.0 Å². The van der Waals surface area contributed by atoms with Crippen LogP contribution in [0.4, 0.5) is 0 Å². The second-order valence-corrected chi connectivity index (χ2v) is 36.4. The quantitative estimate of drug-likeness (QED) is 0.115. The third-order valence-electron chi connectivity index (χ3n) is 16.9. The SMILES string of the molecule is CCC(/C=C/COC(C)(C)C1=CC[C@H]2C3=CC=C4C[C@@H](O[Si](C)(C)C(C)(C)C)C[C@H](O[Si](C)(C)C(C)(C)C)[C@]4(C)[C@H]3CC[C@]12C)(CC)O[Si](CC)(CC)CC. The first-order chi connectivity index (χ1) is 25.2. The largest absolute Gasteiger partial charge is 0.414 e.